The van der Waals surface area contributed by atoms with Crippen molar-refractivity contribution in [3.8, 4) is 5.75 Å². The quantitative estimate of drug-likeness (QED) is 0.881. The first kappa shape index (κ1) is 17.4. The van der Waals surface area contributed by atoms with Gasteiger partial charge < -0.3 is 4.74 Å². The molecule has 5 nitrogen and oxygen atoms in total. The van der Waals surface area contributed by atoms with Crippen molar-refractivity contribution in [3.63, 3.8) is 0 Å². The van der Waals surface area contributed by atoms with E-state index in [0.29, 0.717) is 5.75 Å². The lowest BCUT2D eigenvalue weighted by atomic mass is 9.98. The van der Waals surface area contributed by atoms with E-state index in [-0.39, 0.29) is 11.0 Å². The third-order valence-electron chi connectivity index (χ3n) is 3.28. The van der Waals surface area contributed by atoms with Crippen molar-refractivity contribution in [2.24, 2.45) is 0 Å². The Labute approximate surface area is 137 Å². The van der Waals surface area contributed by atoms with Gasteiger partial charge in [-0.25, -0.2) is 13.1 Å². The smallest absolute Gasteiger partial charge is 0.241 e. The van der Waals surface area contributed by atoms with Crippen LogP contribution < -0.4 is 9.46 Å². The van der Waals surface area contributed by atoms with Crippen molar-refractivity contribution < 1.29 is 13.2 Å². The molecule has 0 unspecified atom stereocenters. The second-order valence-corrected chi connectivity index (χ2v) is 7.79. The Kier molecular flexibility index (Phi) is 5.06. The van der Waals surface area contributed by atoms with Gasteiger partial charge in [-0.1, -0.05) is 6.07 Å². The van der Waals surface area contributed by atoms with Gasteiger partial charge in [0.25, 0.3) is 0 Å². The van der Waals surface area contributed by atoms with Gasteiger partial charge >= 0.3 is 0 Å². The Morgan fingerprint density at radius 3 is 2.30 bits per heavy atom. The topological polar surface area (TPSA) is 68.3 Å². The summed E-state index contributed by atoms with van der Waals surface area (Å²) in [5.74, 6) is 0.644. The summed E-state index contributed by atoms with van der Waals surface area (Å²) < 4.78 is 33.4. The maximum atomic E-state index is 12.6. The van der Waals surface area contributed by atoms with Crippen molar-refractivity contribution in [2.75, 3.05) is 0 Å². The summed E-state index contributed by atoms with van der Waals surface area (Å²) in [5.41, 5.74) is 0.0311. The zero-order valence-corrected chi connectivity index (χ0v) is 14.6. The average molecular weight is 334 g/mol. The van der Waals surface area contributed by atoms with Gasteiger partial charge in [-0.15, -0.1) is 0 Å². The molecule has 0 amide bonds. The average Bonchev–Trinajstić information content (AvgIpc) is 2.47. The van der Waals surface area contributed by atoms with Gasteiger partial charge in [0.05, 0.1) is 16.5 Å². The van der Waals surface area contributed by atoms with Crippen LogP contribution in [-0.4, -0.2) is 19.5 Å². The summed E-state index contributed by atoms with van der Waals surface area (Å²) in [4.78, 5) is 4.24. The van der Waals surface area contributed by atoms with Crippen LogP contribution in [0.3, 0.4) is 0 Å². The van der Waals surface area contributed by atoms with Gasteiger partial charge in [-0.3, -0.25) is 4.98 Å². The summed E-state index contributed by atoms with van der Waals surface area (Å²) in [6, 6.07) is 10.0. The first-order valence-electron chi connectivity index (χ1n) is 7.42. The molecule has 124 valence electrons. The van der Waals surface area contributed by atoms with Crippen LogP contribution in [0.25, 0.3) is 0 Å². The van der Waals surface area contributed by atoms with E-state index in [0.717, 1.165) is 5.56 Å². The Balaban J connectivity index is 2.21. The molecule has 1 aromatic carbocycles. The van der Waals surface area contributed by atoms with E-state index < -0.39 is 15.6 Å². The molecule has 0 radical (unpaired) electrons. The van der Waals surface area contributed by atoms with Crippen LogP contribution in [-0.2, 0) is 15.6 Å². The van der Waals surface area contributed by atoms with Crippen LogP contribution in [0.2, 0.25) is 0 Å². The standard InChI is InChI=1S/C17H22N2O3S/c1-13(2)22-15-7-9-16(10-8-15)23(20,21)19-17(3,4)14-6-5-11-18-12-14/h5-13,19H,1-4H3. The molecule has 23 heavy (non-hydrogen) atoms. The minimum atomic E-state index is -3.64. The molecule has 6 heteroatoms. The highest BCUT2D eigenvalue weighted by Crippen LogP contribution is 2.23. The van der Waals surface area contributed by atoms with Crippen molar-refractivity contribution in [1.29, 1.82) is 0 Å². The predicted molar refractivity (Wildman–Crippen MR) is 89.8 cm³/mol. The summed E-state index contributed by atoms with van der Waals surface area (Å²) >= 11 is 0. The van der Waals surface area contributed by atoms with Gasteiger partial charge in [0, 0.05) is 12.4 Å². The largest absolute Gasteiger partial charge is 0.491 e. The van der Waals surface area contributed by atoms with E-state index in [1.165, 1.54) is 0 Å². The normalized spacial score (nSPS) is 12.4. The van der Waals surface area contributed by atoms with Crippen LogP contribution >= 0.6 is 0 Å². The third kappa shape index (κ3) is 4.53. The molecule has 0 aliphatic carbocycles. The van der Waals surface area contributed by atoms with E-state index in [1.54, 1.807) is 56.6 Å². The Bertz CT molecular complexity index is 739. The minimum absolute atomic E-state index is 0.0418. The Morgan fingerprint density at radius 2 is 1.78 bits per heavy atom. The SMILES string of the molecule is CC(C)Oc1ccc(S(=O)(=O)NC(C)(C)c2cccnc2)cc1. The van der Waals surface area contributed by atoms with Gasteiger partial charge in [0.15, 0.2) is 0 Å². The fraction of sp³-hybridized carbons (Fsp3) is 0.353. The second kappa shape index (κ2) is 6.68. The summed E-state index contributed by atoms with van der Waals surface area (Å²) in [6.07, 6.45) is 3.35. The summed E-state index contributed by atoms with van der Waals surface area (Å²) in [6.45, 7) is 7.45. The van der Waals surface area contributed by atoms with Crippen molar-refractivity contribution in [1.82, 2.24) is 9.71 Å². The van der Waals surface area contributed by atoms with Crippen LogP contribution in [0.1, 0.15) is 33.3 Å². The number of hydrogen-bond acceptors (Lipinski definition) is 4. The van der Waals surface area contributed by atoms with Gasteiger partial charge in [0.2, 0.25) is 10.0 Å². The number of benzene rings is 1. The molecule has 0 aliphatic rings. The lowest BCUT2D eigenvalue weighted by Gasteiger charge is -2.26. The highest BCUT2D eigenvalue weighted by Gasteiger charge is 2.28. The molecular weight excluding hydrogens is 312 g/mol. The Hall–Kier alpha value is -1.92. The summed E-state index contributed by atoms with van der Waals surface area (Å²) in [5, 5.41) is 0. The molecular formula is C17H22N2O3S. The number of rotatable bonds is 6. The lowest BCUT2D eigenvalue weighted by molar-refractivity contribution is 0.242. The lowest BCUT2D eigenvalue weighted by Crippen LogP contribution is -2.40. The molecule has 1 aromatic heterocycles. The maximum absolute atomic E-state index is 12.6. The molecule has 0 saturated heterocycles. The van der Waals surface area contributed by atoms with E-state index >= 15 is 0 Å². The molecule has 1 heterocycles. The number of pyridine rings is 1. The van der Waals surface area contributed by atoms with Crippen LogP contribution in [0.4, 0.5) is 0 Å². The fourth-order valence-corrected chi connectivity index (χ4v) is 3.56. The molecule has 1 N–H and O–H groups in total. The van der Waals surface area contributed by atoms with Gasteiger partial charge in [-0.2, -0.15) is 0 Å². The molecule has 0 saturated carbocycles. The van der Waals surface area contributed by atoms with Crippen LogP contribution in [0.15, 0.2) is 53.7 Å². The van der Waals surface area contributed by atoms with E-state index in [2.05, 4.69) is 9.71 Å². The number of nitrogens with one attached hydrogen (secondary N) is 1. The Morgan fingerprint density at radius 1 is 1.13 bits per heavy atom. The number of aromatic nitrogens is 1. The molecule has 0 atom stereocenters. The van der Waals surface area contributed by atoms with Gasteiger partial charge in [0.1, 0.15) is 5.75 Å². The molecule has 0 aliphatic heterocycles. The van der Waals surface area contributed by atoms with E-state index in [1.807, 2.05) is 19.9 Å². The fourth-order valence-electron chi connectivity index (χ4n) is 2.16. The van der Waals surface area contributed by atoms with E-state index in [4.69, 9.17) is 4.74 Å². The number of sulfonamides is 1. The van der Waals surface area contributed by atoms with Crippen molar-refractivity contribution in [2.45, 2.75) is 44.2 Å². The number of nitrogens with zero attached hydrogens (tertiary/aromatic N) is 1. The molecule has 2 aromatic rings. The van der Waals surface area contributed by atoms with Crippen LogP contribution in [0, 0.1) is 0 Å². The first-order chi connectivity index (χ1) is 10.7. The monoisotopic (exact) mass is 334 g/mol. The van der Waals surface area contributed by atoms with Crippen molar-refractivity contribution in [3.05, 3.63) is 54.4 Å². The molecule has 0 bridgehead atoms. The first-order valence-corrected chi connectivity index (χ1v) is 8.90. The number of ether oxygens (including phenoxy) is 1. The van der Waals surface area contributed by atoms with E-state index in [9.17, 15) is 8.42 Å². The summed E-state index contributed by atoms with van der Waals surface area (Å²) in [7, 11) is -3.64. The van der Waals surface area contributed by atoms with Crippen LogP contribution in [0.5, 0.6) is 5.75 Å². The zero-order valence-electron chi connectivity index (χ0n) is 13.8. The molecule has 0 spiro atoms. The highest BCUT2D eigenvalue weighted by atomic mass is 32.2. The maximum Gasteiger partial charge on any atom is 0.241 e. The third-order valence-corrected chi connectivity index (χ3v) is 4.95. The molecule has 2 rings (SSSR count). The minimum Gasteiger partial charge on any atom is -0.491 e. The van der Waals surface area contributed by atoms with Gasteiger partial charge in [-0.05, 0) is 63.6 Å². The zero-order chi connectivity index (χ0) is 17.1. The predicted octanol–water partition coefficient (Wildman–Crippen LogP) is 3.08. The molecule has 0 fully saturated rings. The number of hydrogen-bond donors (Lipinski definition) is 1. The van der Waals surface area contributed by atoms with Crippen molar-refractivity contribution >= 4 is 10.0 Å². The highest BCUT2D eigenvalue weighted by molar-refractivity contribution is 7.89. The second-order valence-electron chi connectivity index (χ2n) is 6.11.